The third kappa shape index (κ3) is 2.62. The first-order valence-corrected chi connectivity index (χ1v) is 8.71. The van der Waals surface area contributed by atoms with E-state index in [2.05, 4.69) is 4.98 Å². The number of carbonyl (C=O) groups excluding carboxylic acids is 1. The summed E-state index contributed by atoms with van der Waals surface area (Å²) in [5.41, 5.74) is 4.00. The normalized spacial score (nSPS) is 15.0. The number of Topliss-reactive ketones (excluding diaryl/α,β-unsaturated/α-hetero) is 1. The molecule has 1 aliphatic rings. The van der Waals surface area contributed by atoms with E-state index in [1.807, 2.05) is 54.6 Å². The lowest BCUT2D eigenvalue weighted by molar-refractivity contribution is 0.0866. The summed E-state index contributed by atoms with van der Waals surface area (Å²) in [6.07, 6.45) is 3.20. The van der Waals surface area contributed by atoms with Gasteiger partial charge in [0.1, 0.15) is 12.4 Å². The van der Waals surface area contributed by atoms with E-state index in [1.54, 1.807) is 24.5 Å². The van der Waals surface area contributed by atoms with Crippen LogP contribution in [0.2, 0.25) is 0 Å². The smallest absolute Gasteiger partial charge is 0.230 e. The molecule has 0 radical (unpaired) electrons. The number of hydrogen-bond donors (Lipinski definition) is 0. The van der Waals surface area contributed by atoms with E-state index in [0.717, 1.165) is 22.0 Å². The van der Waals surface area contributed by atoms with Crippen LogP contribution in [-0.2, 0) is 11.3 Å². The minimum atomic E-state index is -0.176. The molecule has 0 unspecified atom stereocenters. The van der Waals surface area contributed by atoms with Crippen LogP contribution in [0.4, 0.5) is 0 Å². The Kier molecular flexibility index (Phi) is 3.61. The highest BCUT2D eigenvalue weighted by molar-refractivity contribution is 6.18. The molecule has 2 aromatic heterocycles. The maximum atomic E-state index is 13.3. The molecule has 0 N–H and O–H groups in total. The summed E-state index contributed by atoms with van der Waals surface area (Å²) < 4.78 is 11.1. The Morgan fingerprint density at radius 3 is 2.52 bits per heavy atom. The molecule has 0 amide bonds. The zero-order chi connectivity index (χ0) is 18.2. The number of ether oxygens (including phenoxy) is 1. The molecule has 4 aromatic rings. The molecule has 27 heavy (non-hydrogen) atoms. The Hall–Kier alpha value is -3.66. The van der Waals surface area contributed by atoms with Crippen LogP contribution in [0.1, 0.15) is 21.8 Å². The average Bonchev–Trinajstić information content (AvgIpc) is 3.22. The highest BCUT2D eigenvalue weighted by Crippen LogP contribution is 2.37. The number of hydrogen-bond acceptors (Lipinski definition) is 4. The SMILES string of the molecule is O=C1/C(=C\c2ccco2)OCc2nc3ccccc3c(-c3ccccc3)c21. The maximum Gasteiger partial charge on any atom is 0.230 e. The fourth-order valence-corrected chi connectivity index (χ4v) is 3.46. The van der Waals surface area contributed by atoms with Crippen molar-refractivity contribution in [2.24, 2.45) is 0 Å². The molecule has 0 saturated carbocycles. The number of aromatic nitrogens is 1. The van der Waals surface area contributed by atoms with Crippen molar-refractivity contribution in [3.63, 3.8) is 0 Å². The van der Waals surface area contributed by atoms with E-state index in [0.29, 0.717) is 17.0 Å². The third-order valence-electron chi connectivity index (χ3n) is 4.66. The zero-order valence-corrected chi connectivity index (χ0v) is 14.4. The monoisotopic (exact) mass is 353 g/mol. The summed E-state index contributed by atoms with van der Waals surface area (Å²) in [6, 6.07) is 21.4. The van der Waals surface area contributed by atoms with Gasteiger partial charge in [0.25, 0.3) is 0 Å². The van der Waals surface area contributed by atoms with Gasteiger partial charge < -0.3 is 9.15 Å². The lowest BCUT2D eigenvalue weighted by atomic mass is 9.90. The highest BCUT2D eigenvalue weighted by atomic mass is 16.5. The third-order valence-corrected chi connectivity index (χ3v) is 4.66. The minimum absolute atomic E-state index is 0.176. The van der Waals surface area contributed by atoms with Gasteiger partial charge in [0, 0.05) is 17.0 Å². The van der Waals surface area contributed by atoms with Gasteiger partial charge in [0.05, 0.1) is 23.0 Å². The van der Waals surface area contributed by atoms with Crippen LogP contribution in [0.5, 0.6) is 0 Å². The number of benzene rings is 2. The number of rotatable bonds is 2. The van der Waals surface area contributed by atoms with Crippen LogP contribution in [0.25, 0.3) is 28.1 Å². The quantitative estimate of drug-likeness (QED) is 0.462. The molecule has 0 fully saturated rings. The first kappa shape index (κ1) is 15.6. The summed E-state index contributed by atoms with van der Waals surface area (Å²) in [6.45, 7) is 0.248. The van der Waals surface area contributed by atoms with Gasteiger partial charge in [-0.2, -0.15) is 0 Å². The van der Waals surface area contributed by atoms with Crippen LogP contribution >= 0.6 is 0 Å². The van der Waals surface area contributed by atoms with Gasteiger partial charge in [-0.1, -0.05) is 48.5 Å². The van der Waals surface area contributed by atoms with Crippen molar-refractivity contribution in [2.75, 3.05) is 0 Å². The molecule has 3 heterocycles. The number of nitrogens with zero attached hydrogens (tertiary/aromatic N) is 1. The molecule has 5 rings (SSSR count). The van der Waals surface area contributed by atoms with E-state index >= 15 is 0 Å². The Labute approximate surface area is 155 Å². The number of fused-ring (bicyclic) bond motifs is 2. The topological polar surface area (TPSA) is 52.3 Å². The standard InChI is InChI=1S/C23H15NO3/c25-23-20(13-16-9-6-12-26-16)27-14-19-22(23)21(15-7-2-1-3-8-15)17-10-4-5-11-18(17)24-19/h1-13H,14H2/b20-13+. The maximum absolute atomic E-state index is 13.3. The number of pyridine rings is 1. The predicted octanol–water partition coefficient (Wildman–Crippen LogP) is 5.25. The van der Waals surface area contributed by atoms with Crippen LogP contribution in [0.15, 0.2) is 83.2 Å². The van der Waals surface area contributed by atoms with Crippen molar-refractivity contribution >= 4 is 22.8 Å². The summed E-state index contributed by atoms with van der Waals surface area (Å²) in [7, 11) is 0. The fourth-order valence-electron chi connectivity index (χ4n) is 3.46. The molecule has 0 bridgehead atoms. The lowest BCUT2D eigenvalue weighted by Gasteiger charge is -2.22. The summed E-state index contributed by atoms with van der Waals surface area (Å²) in [4.78, 5) is 18.0. The molecule has 0 atom stereocenters. The van der Waals surface area contributed by atoms with Crippen LogP contribution in [0.3, 0.4) is 0 Å². The Morgan fingerprint density at radius 2 is 1.70 bits per heavy atom. The molecular weight excluding hydrogens is 338 g/mol. The van der Waals surface area contributed by atoms with Gasteiger partial charge in [-0.3, -0.25) is 4.79 Å². The second-order valence-electron chi connectivity index (χ2n) is 6.33. The van der Waals surface area contributed by atoms with E-state index in [-0.39, 0.29) is 18.1 Å². The molecule has 0 aliphatic carbocycles. The molecule has 130 valence electrons. The van der Waals surface area contributed by atoms with Gasteiger partial charge in [0.15, 0.2) is 5.76 Å². The van der Waals surface area contributed by atoms with Crippen molar-refractivity contribution in [1.82, 2.24) is 4.98 Å². The van der Waals surface area contributed by atoms with Crippen molar-refractivity contribution in [1.29, 1.82) is 0 Å². The predicted molar refractivity (Wildman–Crippen MR) is 103 cm³/mol. The van der Waals surface area contributed by atoms with E-state index in [4.69, 9.17) is 9.15 Å². The number of carbonyl (C=O) groups is 1. The summed E-state index contributed by atoms with van der Waals surface area (Å²) in [5.74, 6) is 0.674. The Morgan fingerprint density at radius 1 is 0.889 bits per heavy atom. The number of ketones is 1. The molecule has 2 aromatic carbocycles. The fraction of sp³-hybridized carbons (Fsp3) is 0.0435. The van der Waals surface area contributed by atoms with E-state index in [9.17, 15) is 4.79 Å². The highest BCUT2D eigenvalue weighted by Gasteiger charge is 2.30. The van der Waals surface area contributed by atoms with Crippen LogP contribution in [-0.4, -0.2) is 10.8 Å². The minimum Gasteiger partial charge on any atom is -0.483 e. The van der Waals surface area contributed by atoms with Crippen molar-refractivity contribution in [3.05, 3.63) is 95.8 Å². The molecular formula is C23H15NO3. The zero-order valence-electron chi connectivity index (χ0n) is 14.4. The first-order valence-electron chi connectivity index (χ1n) is 8.71. The second kappa shape index (κ2) is 6.25. The van der Waals surface area contributed by atoms with Crippen LogP contribution < -0.4 is 0 Å². The van der Waals surface area contributed by atoms with Gasteiger partial charge >= 0.3 is 0 Å². The summed E-state index contributed by atoms with van der Waals surface area (Å²) in [5, 5.41) is 0.954. The Bertz CT molecular complexity index is 1180. The van der Waals surface area contributed by atoms with Crippen LogP contribution in [0, 0.1) is 0 Å². The van der Waals surface area contributed by atoms with Gasteiger partial charge in [-0.05, 0) is 23.8 Å². The molecule has 4 heteroatoms. The van der Waals surface area contributed by atoms with E-state index in [1.165, 1.54) is 0 Å². The largest absolute Gasteiger partial charge is 0.483 e. The average molecular weight is 353 g/mol. The molecule has 0 spiro atoms. The first-order chi connectivity index (χ1) is 13.3. The number of allylic oxidation sites excluding steroid dienone is 1. The number of para-hydroxylation sites is 1. The lowest BCUT2D eigenvalue weighted by Crippen LogP contribution is -2.19. The molecule has 1 aliphatic heterocycles. The van der Waals surface area contributed by atoms with Gasteiger partial charge in [0.2, 0.25) is 5.78 Å². The molecule has 0 saturated heterocycles. The number of furan rings is 1. The molecule has 4 nitrogen and oxygen atoms in total. The summed E-state index contributed by atoms with van der Waals surface area (Å²) >= 11 is 0. The van der Waals surface area contributed by atoms with Gasteiger partial charge in [-0.15, -0.1) is 0 Å². The Balaban J connectivity index is 1.78. The van der Waals surface area contributed by atoms with Crippen molar-refractivity contribution in [3.8, 4) is 11.1 Å². The van der Waals surface area contributed by atoms with Crippen molar-refractivity contribution < 1.29 is 13.9 Å². The van der Waals surface area contributed by atoms with Gasteiger partial charge in [-0.25, -0.2) is 4.98 Å². The van der Waals surface area contributed by atoms with Crippen molar-refractivity contribution in [2.45, 2.75) is 6.61 Å². The second-order valence-corrected chi connectivity index (χ2v) is 6.33. The van der Waals surface area contributed by atoms with E-state index < -0.39 is 0 Å².